The molecule has 148 heavy (non-hydrogen) atoms. The van der Waals surface area contributed by atoms with Gasteiger partial charge in [0.05, 0.1) is 50.1 Å². The number of nitrogens with one attached hydrogen (secondary N) is 20. The van der Waals surface area contributed by atoms with E-state index in [1.54, 1.807) is 88.4 Å². The number of aliphatic carboxylic acids is 3. The van der Waals surface area contributed by atoms with Crippen LogP contribution in [0.4, 0.5) is 0 Å². The minimum Gasteiger partial charge on any atom is -0.508 e. The lowest BCUT2D eigenvalue weighted by atomic mass is 9.98. The topological polar surface area (TPSA) is 825 Å². The van der Waals surface area contributed by atoms with Gasteiger partial charge >= 0.3 is 17.9 Å². The number of phenolic OH excluding ortho intramolecular Hbond substituents is 1. The van der Waals surface area contributed by atoms with Crippen molar-refractivity contribution < 1.29 is 131 Å². The number of primary amides is 2. The van der Waals surface area contributed by atoms with Gasteiger partial charge in [0.25, 0.3) is 0 Å². The highest BCUT2D eigenvalue weighted by Crippen LogP contribution is 2.19. The van der Waals surface area contributed by atoms with Crippen LogP contribution in [0.2, 0.25) is 0 Å². The van der Waals surface area contributed by atoms with Gasteiger partial charge < -0.3 is 143 Å². The first kappa shape index (κ1) is 122. The van der Waals surface area contributed by atoms with Crippen molar-refractivity contribution >= 4 is 136 Å². The van der Waals surface area contributed by atoms with Gasteiger partial charge in [0.15, 0.2) is 0 Å². The fraction of sp³-hybridized carbons (Fsp3) is 0.510. The Morgan fingerprint density at radius 2 is 0.669 bits per heavy atom. The number of amides is 20. The highest BCUT2D eigenvalue weighted by Gasteiger charge is 2.41. The second kappa shape index (κ2) is 62.4. The fourth-order valence-electron chi connectivity index (χ4n) is 14.8. The van der Waals surface area contributed by atoms with Crippen LogP contribution in [0.25, 0.3) is 0 Å². The number of unbranched alkanes of at least 4 members (excludes halogenated alkanes) is 1. The molecule has 2 aromatic heterocycles. The first-order chi connectivity index (χ1) is 69.9. The van der Waals surface area contributed by atoms with Gasteiger partial charge in [-0.05, 0) is 111 Å². The molecule has 0 spiro atoms. The van der Waals surface area contributed by atoms with Crippen molar-refractivity contribution in [1.82, 2.24) is 116 Å². The zero-order chi connectivity index (χ0) is 110. The minimum absolute atomic E-state index is 0.0965. The maximum absolute atomic E-state index is 15.1. The van der Waals surface area contributed by atoms with Crippen LogP contribution in [0.15, 0.2) is 110 Å². The Kier molecular flexibility index (Phi) is 51.5. The number of carboxylic acid groups (broad SMARTS) is 3. The number of aromatic nitrogens is 4. The van der Waals surface area contributed by atoms with E-state index in [0.29, 0.717) is 16.7 Å². The lowest BCUT2D eigenvalue weighted by Crippen LogP contribution is -2.62. The predicted molar refractivity (Wildman–Crippen MR) is 527 cm³/mol. The van der Waals surface area contributed by atoms with Gasteiger partial charge in [0.1, 0.15) is 96.4 Å². The molecule has 52 nitrogen and oxygen atoms in total. The Hall–Kier alpha value is -16.4. The van der Waals surface area contributed by atoms with Crippen LogP contribution in [-0.2, 0) is 142 Å². The molecule has 0 saturated heterocycles. The number of carboxylic acids is 3. The zero-order valence-corrected chi connectivity index (χ0v) is 83.8. The van der Waals surface area contributed by atoms with E-state index in [2.05, 4.69) is 116 Å². The molecule has 15 atom stereocenters. The van der Waals surface area contributed by atoms with Crippen molar-refractivity contribution in [3.05, 3.63) is 138 Å². The van der Waals surface area contributed by atoms with Crippen LogP contribution in [0.1, 0.15) is 168 Å². The summed E-state index contributed by atoms with van der Waals surface area (Å²) in [5.74, 6) is -27.4. The number of nitrogens with two attached hydrogens (primary N) is 3. The third-order valence-electron chi connectivity index (χ3n) is 22.7. The summed E-state index contributed by atoms with van der Waals surface area (Å²) in [7, 11) is 0. The molecule has 0 aliphatic heterocycles. The second-order valence-electron chi connectivity index (χ2n) is 36.7. The number of phenols is 1. The summed E-state index contributed by atoms with van der Waals surface area (Å²) in [6, 6.07) is -2.91. The molecule has 0 bridgehead atoms. The number of rotatable bonds is 66. The van der Waals surface area contributed by atoms with E-state index in [-0.39, 0.29) is 68.6 Å². The van der Waals surface area contributed by atoms with E-state index in [9.17, 15) is 112 Å². The van der Waals surface area contributed by atoms with Crippen molar-refractivity contribution in [3.8, 4) is 5.75 Å². The summed E-state index contributed by atoms with van der Waals surface area (Å²) < 4.78 is 0. The highest BCUT2D eigenvalue weighted by atomic mass is 16.4. The number of carbonyl (C=O) groups excluding carboxylic acids is 20. The Bertz CT molecular complexity index is 5360. The van der Waals surface area contributed by atoms with Gasteiger partial charge in [-0.2, -0.15) is 0 Å². The van der Waals surface area contributed by atoms with Gasteiger partial charge in [-0.25, -0.2) is 9.97 Å². The fourth-order valence-corrected chi connectivity index (χ4v) is 14.8. The first-order valence-electron chi connectivity index (χ1n) is 48.0. The van der Waals surface area contributed by atoms with Crippen LogP contribution < -0.4 is 113 Å². The Balaban J connectivity index is 1.40. The molecule has 808 valence electrons. The minimum atomic E-state index is -1.96. The SMILES string of the molecule is CC(=O)NCC(=O)NCC(=O)N[C@@H](Cc1ccc(O)cc1)C(=O)N[C@@H](CCC(=O)O)C(=O)N[C@H](C(=O)N[C@@H](Cc1c[nH]cn1)C(=O)N[C@@H](Cc1c[nH]cn1)C(=O)N[C@@H](CCC(N)=O)C(=O)N[C@@H](CCCCN)C(=O)N[C@@H](CC(C)C)C(=O)N[C@H](C(=O)N[C@@H](Cc1ccccc1)C(=O)N[C@@H](Cc1ccccc1)C(=O)N[C@@H](C)C(=O)N[C@@H](CCC(=O)O)C(=O)N[C@@H](CC(=O)O)C(=O)N[C@H](C(=O)NCC(N)=O)C(C)C)C(C)C)C(C)C. The number of hydrogen-bond acceptors (Lipinski definition) is 27. The van der Waals surface area contributed by atoms with Gasteiger partial charge in [-0.15, -0.1) is 0 Å². The molecule has 30 N–H and O–H groups in total. The summed E-state index contributed by atoms with van der Waals surface area (Å²) in [5, 5.41) is 83.9. The largest absolute Gasteiger partial charge is 0.508 e. The van der Waals surface area contributed by atoms with Crippen molar-refractivity contribution in [2.24, 2.45) is 40.9 Å². The van der Waals surface area contributed by atoms with E-state index in [1.165, 1.54) is 83.9 Å². The summed E-state index contributed by atoms with van der Waals surface area (Å²) in [6.07, 6.45) is -1.32. The Morgan fingerprint density at radius 3 is 1.06 bits per heavy atom. The number of nitrogens with zero attached hydrogens (tertiary/aromatic N) is 2. The first-order valence-corrected chi connectivity index (χ1v) is 48.0. The number of aromatic amines is 2. The summed E-state index contributed by atoms with van der Waals surface area (Å²) in [4.78, 5) is 329. The molecule has 3 aromatic carbocycles. The Morgan fingerprint density at radius 1 is 0.324 bits per heavy atom. The molecule has 0 aliphatic carbocycles. The summed E-state index contributed by atoms with van der Waals surface area (Å²) >= 11 is 0. The Labute approximate surface area is 852 Å². The molecule has 0 aliphatic rings. The third kappa shape index (κ3) is 44.9. The molecule has 20 amide bonds. The van der Waals surface area contributed by atoms with E-state index < -0.39 is 328 Å². The molecule has 0 fully saturated rings. The molecule has 2 heterocycles. The van der Waals surface area contributed by atoms with Crippen molar-refractivity contribution in [3.63, 3.8) is 0 Å². The van der Waals surface area contributed by atoms with E-state index in [0.717, 1.165) is 6.92 Å². The molecular weight excluding hydrogens is 1940 g/mol. The average Bonchev–Trinajstić information content (AvgIpc) is 1.18. The quantitative estimate of drug-likeness (QED) is 0.0161. The highest BCUT2D eigenvalue weighted by molar-refractivity contribution is 6.02. The smallest absolute Gasteiger partial charge is 0.305 e. The van der Waals surface area contributed by atoms with Crippen molar-refractivity contribution in [2.75, 3.05) is 26.2 Å². The standard InChI is InChI=1S/C96H137N25O27/c1-49(2)35-65(92(144)121-81(52(7)8)95(147)117-68(37-56-21-15-12-16-22-56)89(141)114-67(36-55-19-13-11-14-20-55)87(139)107-53(9)82(134)109-63(29-32-76(128)129)85(137)116-71(41-78(132)133)93(145)119-79(50(3)4)94(146)104-44-73(99)125)113-83(135)61(23-17-18-34-97)110-84(136)62(28-31-72(98)124)111-90(142)69(39-58-42-100-47-105-58)115-91(143)70(40-59-43-101-48-106-59)118-96(148)80(51(5)6)120-86(138)64(30-33-77(130)131)112-88(140)66(38-57-24-26-60(123)27-25-57)108-75(127)46-103-74(126)45-102-54(10)122/h11-16,19-22,24-27,42-43,47-53,61-71,79-81,123H,17-18,23,28-41,44-46,97H2,1-10H3,(H2,98,124)(H2,99,125)(H,100,105)(H,101,106)(H,102,122)(H,103,126)(H,104,146)(H,107,139)(H,108,127)(H,109,134)(H,110,136)(H,111,142)(H,112,140)(H,113,135)(H,114,141)(H,115,143)(H,116,137)(H,117,147)(H,118,148)(H,119,145)(H,120,138)(H,121,144)(H,128,129)(H,130,131)(H,132,133)/t53-,61-,62-,63-,64-,65-,66-,67-,68-,69-,70-,71-,79-,80-,81-/m0/s1. The zero-order valence-electron chi connectivity index (χ0n) is 83.8. The summed E-state index contributed by atoms with van der Waals surface area (Å²) in [6.45, 7) is 13.1. The molecule has 0 unspecified atom stereocenters. The maximum Gasteiger partial charge on any atom is 0.305 e. The van der Waals surface area contributed by atoms with Gasteiger partial charge in [-0.3, -0.25) is 110 Å². The number of hydrogen-bond donors (Lipinski definition) is 27. The molecule has 52 heteroatoms. The second-order valence-corrected chi connectivity index (χ2v) is 36.7. The van der Waals surface area contributed by atoms with Gasteiger partial charge in [-0.1, -0.05) is 128 Å². The molecule has 5 rings (SSSR count). The normalized spacial score (nSPS) is 14.1. The number of carbonyl (C=O) groups is 23. The van der Waals surface area contributed by atoms with Crippen molar-refractivity contribution in [1.29, 1.82) is 0 Å². The number of benzene rings is 3. The lowest BCUT2D eigenvalue weighted by Gasteiger charge is -2.30. The van der Waals surface area contributed by atoms with E-state index >= 15 is 19.2 Å². The van der Waals surface area contributed by atoms with E-state index in [4.69, 9.17) is 17.2 Å². The van der Waals surface area contributed by atoms with Crippen LogP contribution >= 0.6 is 0 Å². The van der Waals surface area contributed by atoms with Crippen LogP contribution in [0, 0.1) is 23.7 Å². The molecule has 0 saturated carbocycles. The molecule has 5 aromatic rings. The monoisotopic (exact) mass is 2070 g/mol. The van der Waals surface area contributed by atoms with Crippen molar-refractivity contribution in [2.45, 2.75) is 263 Å². The maximum atomic E-state index is 15.1. The third-order valence-corrected chi connectivity index (χ3v) is 22.7. The van der Waals surface area contributed by atoms with Gasteiger partial charge in [0.2, 0.25) is 118 Å². The summed E-state index contributed by atoms with van der Waals surface area (Å²) in [5.41, 5.74) is 18.3. The van der Waals surface area contributed by atoms with Crippen LogP contribution in [-0.4, -0.2) is 293 Å². The number of aromatic hydroxyl groups is 1. The number of imidazole rings is 2. The predicted octanol–water partition coefficient (Wildman–Crippen LogP) is -5.89. The lowest BCUT2D eigenvalue weighted by molar-refractivity contribution is -0.142. The van der Waals surface area contributed by atoms with Crippen LogP contribution in [0.3, 0.4) is 0 Å². The molecule has 0 radical (unpaired) electrons. The molecular formula is C96H137N25O27. The number of H-pyrrole nitrogens is 2. The van der Waals surface area contributed by atoms with E-state index in [1.807, 2.05) is 0 Å². The van der Waals surface area contributed by atoms with Crippen LogP contribution in [0.5, 0.6) is 5.75 Å². The average molecular weight is 2070 g/mol. The van der Waals surface area contributed by atoms with Gasteiger partial charge in [0, 0.05) is 70.7 Å².